The summed E-state index contributed by atoms with van der Waals surface area (Å²) >= 11 is 0. The smallest absolute Gasteiger partial charge is 0.0162 e. The molecule has 0 atom stereocenters. The Bertz CT molecular complexity index is 296. The van der Waals surface area contributed by atoms with Gasteiger partial charge in [0.05, 0.1) is 0 Å². The van der Waals surface area contributed by atoms with Crippen LogP contribution < -0.4 is 5.32 Å². The zero-order valence-corrected chi connectivity index (χ0v) is 10.6. The molecule has 1 aromatic carbocycles. The van der Waals surface area contributed by atoms with E-state index in [0.29, 0.717) is 5.92 Å². The average Bonchev–Trinajstić information content (AvgIpc) is 2.18. The van der Waals surface area contributed by atoms with E-state index >= 15 is 0 Å². The molecule has 0 aliphatic rings. The average molecular weight is 205 g/mol. The molecule has 0 saturated heterocycles. The zero-order valence-electron chi connectivity index (χ0n) is 10.6. The lowest BCUT2D eigenvalue weighted by atomic mass is 9.93. The summed E-state index contributed by atoms with van der Waals surface area (Å²) in [6, 6.07) is 8.97. The molecule has 0 radical (unpaired) electrons. The van der Waals surface area contributed by atoms with Gasteiger partial charge in [0.15, 0.2) is 0 Å². The van der Waals surface area contributed by atoms with E-state index in [2.05, 4.69) is 57.3 Å². The molecule has 0 amide bonds. The maximum absolute atomic E-state index is 3.33. The van der Waals surface area contributed by atoms with Crippen molar-refractivity contribution in [3.05, 3.63) is 35.4 Å². The summed E-state index contributed by atoms with van der Waals surface area (Å²) in [7, 11) is 2.02. The highest BCUT2D eigenvalue weighted by atomic mass is 14.9. The molecular formula is C14H23N. The van der Waals surface area contributed by atoms with Gasteiger partial charge in [-0.15, -0.1) is 0 Å². The van der Waals surface area contributed by atoms with Gasteiger partial charge in [0.2, 0.25) is 0 Å². The highest BCUT2D eigenvalue weighted by Gasteiger charge is 2.14. The molecule has 0 unspecified atom stereocenters. The molecule has 0 aliphatic heterocycles. The van der Waals surface area contributed by atoms with Crippen LogP contribution in [0.2, 0.25) is 0 Å². The standard InChI is InChI=1S/C14H23N/c1-11(2)13-8-6-12(7-9-13)10-14(3,4)15-5/h6-9,11,15H,10H2,1-5H3. The van der Waals surface area contributed by atoms with Crippen molar-refractivity contribution in [2.24, 2.45) is 0 Å². The summed E-state index contributed by atoms with van der Waals surface area (Å²) < 4.78 is 0. The molecule has 0 bridgehead atoms. The topological polar surface area (TPSA) is 12.0 Å². The van der Waals surface area contributed by atoms with Crippen molar-refractivity contribution in [3.63, 3.8) is 0 Å². The number of rotatable bonds is 4. The molecule has 84 valence electrons. The van der Waals surface area contributed by atoms with Gasteiger partial charge in [0, 0.05) is 5.54 Å². The minimum absolute atomic E-state index is 0.180. The van der Waals surface area contributed by atoms with Gasteiger partial charge in [-0.05, 0) is 44.4 Å². The lowest BCUT2D eigenvalue weighted by molar-refractivity contribution is 0.422. The molecular weight excluding hydrogens is 182 g/mol. The van der Waals surface area contributed by atoms with Gasteiger partial charge in [-0.25, -0.2) is 0 Å². The Morgan fingerprint density at radius 1 is 1.13 bits per heavy atom. The second kappa shape index (κ2) is 4.80. The fourth-order valence-electron chi connectivity index (χ4n) is 1.62. The van der Waals surface area contributed by atoms with Gasteiger partial charge in [0.1, 0.15) is 0 Å². The number of hydrogen-bond donors (Lipinski definition) is 1. The third-order valence-corrected chi connectivity index (χ3v) is 2.97. The molecule has 0 aromatic heterocycles. The molecule has 1 rings (SSSR count). The van der Waals surface area contributed by atoms with Crippen LogP contribution in [0.15, 0.2) is 24.3 Å². The summed E-state index contributed by atoms with van der Waals surface area (Å²) in [5, 5.41) is 3.33. The highest BCUT2D eigenvalue weighted by Crippen LogP contribution is 2.17. The lowest BCUT2D eigenvalue weighted by Gasteiger charge is -2.24. The van der Waals surface area contributed by atoms with Crippen LogP contribution in [0.3, 0.4) is 0 Å². The van der Waals surface area contributed by atoms with E-state index in [1.807, 2.05) is 7.05 Å². The van der Waals surface area contributed by atoms with Crippen LogP contribution in [0.25, 0.3) is 0 Å². The molecule has 1 N–H and O–H groups in total. The lowest BCUT2D eigenvalue weighted by Crippen LogP contribution is -2.38. The third kappa shape index (κ3) is 3.67. The largest absolute Gasteiger partial charge is 0.314 e. The maximum Gasteiger partial charge on any atom is 0.0162 e. The highest BCUT2D eigenvalue weighted by molar-refractivity contribution is 5.25. The Morgan fingerprint density at radius 3 is 2.07 bits per heavy atom. The van der Waals surface area contributed by atoms with Gasteiger partial charge < -0.3 is 5.32 Å². The predicted octanol–water partition coefficient (Wildman–Crippen LogP) is 3.35. The first-order valence-electron chi connectivity index (χ1n) is 5.72. The van der Waals surface area contributed by atoms with Gasteiger partial charge in [-0.1, -0.05) is 38.1 Å². The summed E-state index contributed by atoms with van der Waals surface area (Å²) in [5.41, 5.74) is 3.00. The van der Waals surface area contributed by atoms with Crippen molar-refractivity contribution < 1.29 is 0 Å². The summed E-state index contributed by atoms with van der Waals surface area (Å²) in [4.78, 5) is 0. The van der Waals surface area contributed by atoms with Gasteiger partial charge >= 0.3 is 0 Å². The molecule has 0 heterocycles. The molecule has 15 heavy (non-hydrogen) atoms. The zero-order chi connectivity index (χ0) is 11.5. The van der Waals surface area contributed by atoms with Crippen LogP contribution in [0, 0.1) is 0 Å². The number of benzene rings is 1. The molecule has 0 saturated carbocycles. The van der Waals surface area contributed by atoms with Gasteiger partial charge in [-0.3, -0.25) is 0 Å². The first-order valence-corrected chi connectivity index (χ1v) is 5.72. The third-order valence-electron chi connectivity index (χ3n) is 2.97. The van der Waals surface area contributed by atoms with Crippen molar-refractivity contribution in [2.75, 3.05) is 7.05 Å². The van der Waals surface area contributed by atoms with E-state index in [1.54, 1.807) is 0 Å². The summed E-state index contributed by atoms with van der Waals surface area (Å²) in [6.07, 6.45) is 1.07. The van der Waals surface area contributed by atoms with Gasteiger partial charge in [0.25, 0.3) is 0 Å². The van der Waals surface area contributed by atoms with Crippen molar-refractivity contribution in [1.82, 2.24) is 5.32 Å². The first kappa shape index (κ1) is 12.3. The minimum Gasteiger partial charge on any atom is -0.314 e. The van der Waals surface area contributed by atoms with Crippen molar-refractivity contribution in [3.8, 4) is 0 Å². The fraction of sp³-hybridized carbons (Fsp3) is 0.571. The Balaban J connectivity index is 2.73. The van der Waals surface area contributed by atoms with Crippen molar-refractivity contribution >= 4 is 0 Å². The Hall–Kier alpha value is -0.820. The van der Waals surface area contributed by atoms with E-state index in [-0.39, 0.29) is 5.54 Å². The second-order valence-corrected chi connectivity index (χ2v) is 5.21. The Morgan fingerprint density at radius 2 is 1.67 bits per heavy atom. The summed E-state index contributed by atoms with van der Waals surface area (Å²) in [6.45, 7) is 8.91. The van der Waals surface area contributed by atoms with E-state index in [4.69, 9.17) is 0 Å². The van der Waals surface area contributed by atoms with Crippen LogP contribution in [-0.2, 0) is 6.42 Å². The van der Waals surface area contributed by atoms with Crippen molar-refractivity contribution in [1.29, 1.82) is 0 Å². The number of nitrogens with one attached hydrogen (secondary N) is 1. The van der Waals surface area contributed by atoms with Crippen LogP contribution >= 0.6 is 0 Å². The van der Waals surface area contributed by atoms with Crippen LogP contribution in [0.5, 0.6) is 0 Å². The quantitative estimate of drug-likeness (QED) is 0.795. The Labute approximate surface area is 93.9 Å². The van der Waals surface area contributed by atoms with Crippen molar-refractivity contribution in [2.45, 2.75) is 45.6 Å². The second-order valence-electron chi connectivity index (χ2n) is 5.21. The maximum atomic E-state index is 3.33. The predicted molar refractivity (Wildman–Crippen MR) is 67.4 cm³/mol. The molecule has 0 aliphatic carbocycles. The van der Waals surface area contributed by atoms with E-state index in [1.165, 1.54) is 11.1 Å². The van der Waals surface area contributed by atoms with Gasteiger partial charge in [-0.2, -0.15) is 0 Å². The van der Waals surface area contributed by atoms with E-state index in [0.717, 1.165) is 6.42 Å². The summed E-state index contributed by atoms with van der Waals surface area (Å²) in [5.74, 6) is 0.622. The van der Waals surface area contributed by atoms with Crippen LogP contribution in [-0.4, -0.2) is 12.6 Å². The normalized spacial score (nSPS) is 12.1. The SMILES string of the molecule is CNC(C)(C)Cc1ccc(C(C)C)cc1. The molecule has 0 fully saturated rings. The Kier molecular flexibility index (Phi) is 3.92. The molecule has 1 aromatic rings. The van der Waals surface area contributed by atoms with E-state index < -0.39 is 0 Å². The fourth-order valence-corrected chi connectivity index (χ4v) is 1.62. The first-order chi connectivity index (χ1) is 6.94. The van der Waals surface area contributed by atoms with Crippen LogP contribution in [0.1, 0.15) is 44.7 Å². The number of hydrogen-bond acceptors (Lipinski definition) is 1. The van der Waals surface area contributed by atoms with E-state index in [9.17, 15) is 0 Å². The minimum atomic E-state index is 0.180. The molecule has 0 spiro atoms. The monoisotopic (exact) mass is 205 g/mol. The molecule has 1 nitrogen and oxygen atoms in total. The molecule has 1 heteroatoms. The van der Waals surface area contributed by atoms with Crippen LogP contribution in [0.4, 0.5) is 0 Å². The number of likely N-dealkylation sites (N-methyl/N-ethyl adjacent to an activating group) is 1.